The van der Waals surface area contributed by atoms with Gasteiger partial charge in [-0.05, 0) is 32.1 Å². The van der Waals surface area contributed by atoms with Crippen LogP contribution < -0.4 is 0 Å². The molecule has 0 heterocycles. The molecular formula is C14H27N3. The second kappa shape index (κ2) is 7.36. The molecule has 1 aliphatic carbocycles. The summed E-state index contributed by atoms with van der Waals surface area (Å²) in [5, 5.41) is 0. The highest BCUT2D eigenvalue weighted by molar-refractivity contribution is 5.79. The molecule has 3 heteroatoms. The van der Waals surface area contributed by atoms with Crippen LogP contribution in [0.5, 0.6) is 0 Å². The van der Waals surface area contributed by atoms with Crippen LogP contribution in [0.2, 0.25) is 0 Å². The van der Waals surface area contributed by atoms with Gasteiger partial charge in [0.25, 0.3) is 0 Å². The van der Waals surface area contributed by atoms with Crippen LogP contribution in [0.1, 0.15) is 38.5 Å². The van der Waals surface area contributed by atoms with Gasteiger partial charge in [0, 0.05) is 34.7 Å². The molecule has 0 aromatic carbocycles. The average molecular weight is 237 g/mol. The van der Waals surface area contributed by atoms with Crippen LogP contribution >= 0.6 is 0 Å². The first-order chi connectivity index (χ1) is 8.11. The van der Waals surface area contributed by atoms with Gasteiger partial charge in [-0.2, -0.15) is 0 Å². The molecule has 0 amide bonds. The van der Waals surface area contributed by atoms with Gasteiger partial charge in [-0.1, -0.05) is 18.1 Å². The number of aliphatic imine (C=N–C) groups is 1. The highest BCUT2D eigenvalue weighted by atomic mass is 15.3. The third-order valence-corrected chi connectivity index (χ3v) is 3.12. The zero-order chi connectivity index (χ0) is 12.7. The van der Waals surface area contributed by atoms with Crippen LogP contribution in [0.25, 0.3) is 0 Å². The number of guanidine groups is 1. The summed E-state index contributed by atoms with van der Waals surface area (Å²) in [7, 11) is 8.18. The van der Waals surface area contributed by atoms with Crippen molar-refractivity contribution in [2.75, 3.05) is 34.7 Å². The van der Waals surface area contributed by atoms with Gasteiger partial charge < -0.3 is 9.80 Å². The van der Waals surface area contributed by atoms with Crippen molar-refractivity contribution in [2.24, 2.45) is 4.99 Å². The second-order valence-corrected chi connectivity index (χ2v) is 5.18. The number of nitrogens with zero attached hydrogens (tertiary/aromatic N) is 3. The van der Waals surface area contributed by atoms with E-state index in [0.717, 1.165) is 18.9 Å². The Hall–Kier alpha value is -0.990. The van der Waals surface area contributed by atoms with Gasteiger partial charge in [-0.25, -0.2) is 0 Å². The molecule has 3 nitrogen and oxygen atoms in total. The minimum absolute atomic E-state index is 0.914. The smallest absolute Gasteiger partial charge is 0.195 e. The normalized spacial score (nSPS) is 15.9. The van der Waals surface area contributed by atoms with Gasteiger partial charge in [0.2, 0.25) is 0 Å². The van der Waals surface area contributed by atoms with Crippen molar-refractivity contribution in [3.63, 3.8) is 0 Å². The Bertz CT molecular complexity index is 267. The van der Waals surface area contributed by atoms with Crippen molar-refractivity contribution >= 4 is 5.96 Å². The summed E-state index contributed by atoms with van der Waals surface area (Å²) in [6.07, 6.45) is 10.3. The lowest BCUT2D eigenvalue weighted by Crippen LogP contribution is -2.35. The van der Waals surface area contributed by atoms with E-state index in [9.17, 15) is 0 Å². The summed E-state index contributed by atoms with van der Waals surface area (Å²) >= 11 is 0. The maximum absolute atomic E-state index is 4.68. The van der Waals surface area contributed by atoms with Crippen molar-refractivity contribution < 1.29 is 0 Å². The standard InChI is InChI=1S/C14H27N3/c1-16(2)14(17(3)4)15-12-11-13-9-7-5-6-8-10-13/h9H,5-8,10-12H2,1-4H3. The zero-order valence-electron chi connectivity index (χ0n) is 11.9. The van der Waals surface area contributed by atoms with Crippen LogP contribution in [0.4, 0.5) is 0 Å². The molecule has 0 bridgehead atoms. The molecule has 0 radical (unpaired) electrons. The molecule has 1 aliphatic rings. The summed E-state index contributed by atoms with van der Waals surface area (Å²) < 4.78 is 0. The van der Waals surface area contributed by atoms with Gasteiger partial charge >= 0.3 is 0 Å². The molecule has 98 valence electrons. The summed E-state index contributed by atoms with van der Waals surface area (Å²) in [6, 6.07) is 0. The molecule has 0 atom stereocenters. The van der Waals surface area contributed by atoms with E-state index in [1.807, 2.05) is 28.2 Å². The van der Waals surface area contributed by atoms with Gasteiger partial charge in [-0.3, -0.25) is 4.99 Å². The van der Waals surface area contributed by atoms with E-state index in [2.05, 4.69) is 20.9 Å². The van der Waals surface area contributed by atoms with Gasteiger partial charge in [0.05, 0.1) is 0 Å². The molecular weight excluding hydrogens is 210 g/mol. The minimum Gasteiger partial charge on any atom is -0.349 e. The van der Waals surface area contributed by atoms with Crippen molar-refractivity contribution in [2.45, 2.75) is 38.5 Å². The fourth-order valence-electron chi connectivity index (χ4n) is 2.29. The van der Waals surface area contributed by atoms with Gasteiger partial charge in [0.1, 0.15) is 0 Å². The Morgan fingerprint density at radius 3 is 2.47 bits per heavy atom. The third-order valence-electron chi connectivity index (χ3n) is 3.12. The first-order valence-electron chi connectivity index (χ1n) is 6.68. The highest BCUT2D eigenvalue weighted by Gasteiger charge is 2.05. The fraction of sp³-hybridized carbons (Fsp3) is 0.786. The van der Waals surface area contributed by atoms with E-state index in [1.165, 1.54) is 32.1 Å². The van der Waals surface area contributed by atoms with Crippen molar-refractivity contribution in [3.05, 3.63) is 11.6 Å². The van der Waals surface area contributed by atoms with E-state index in [4.69, 9.17) is 0 Å². The monoisotopic (exact) mass is 237 g/mol. The van der Waals surface area contributed by atoms with E-state index in [1.54, 1.807) is 5.57 Å². The summed E-state index contributed by atoms with van der Waals surface area (Å²) in [6.45, 7) is 0.914. The maximum atomic E-state index is 4.68. The summed E-state index contributed by atoms with van der Waals surface area (Å²) in [4.78, 5) is 8.82. The Morgan fingerprint density at radius 2 is 1.82 bits per heavy atom. The number of rotatable bonds is 3. The molecule has 0 aliphatic heterocycles. The predicted molar refractivity (Wildman–Crippen MR) is 75.5 cm³/mol. The Balaban J connectivity index is 2.43. The minimum atomic E-state index is 0.914. The SMILES string of the molecule is CN(C)C(=NCCC1=CCCCCC1)N(C)C. The maximum Gasteiger partial charge on any atom is 0.195 e. The molecule has 0 unspecified atom stereocenters. The van der Waals surface area contributed by atoms with E-state index in [-0.39, 0.29) is 0 Å². The lowest BCUT2D eigenvalue weighted by molar-refractivity contribution is 0.479. The Morgan fingerprint density at radius 1 is 1.12 bits per heavy atom. The number of hydrogen-bond donors (Lipinski definition) is 0. The molecule has 1 rings (SSSR count). The van der Waals surface area contributed by atoms with Crippen LogP contribution in [0, 0.1) is 0 Å². The van der Waals surface area contributed by atoms with Gasteiger partial charge in [0.15, 0.2) is 5.96 Å². The van der Waals surface area contributed by atoms with Crippen molar-refractivity contribution in [3.8, 4) is 0 Å². The highest BCUT2D eigenvalue weighted by Crippen LogP contribution is 2.19. The molecule has 0 spiro atoms. The van der Waals surface area contributed by atoms with Crippen molar-refractivity contribution in [1.29, 1.82) is 0 Å². The fourth-order valence-corrected chi connectivity index (χ4v) is 2.29. The quantitative estimate of drug-likeness (QED) is 0.427. The van der Waals surface area contributed by atoms with Crippen LogP contribution in [0.15, 0.2) is 16.6 Å². The topological polar surface area (TPSA) is 18.8 Å². The molecule has 17 heavy (non-hydrogen) atoms. The predicted octanol–water partition coefficient (Wildman–Crippen LogP) is 2.75. The zero-order valence-corrected chi connectivity index (χ0v) is 11.9. The van der Waals surface area contributed by atoms with Gasteiger partial charge in [-0.15, -0.1) is 0 Å². The molecule has 0 fully saturated rings. The van der Waals surface area contributed by atoms with Crippen LogP contribution in [0.3, 0.4) is 0 Å². The Kier molecular flexibility index (Phi) is 6.09. The molecule has 0 saturated carbocycles. The molecule has 0 aromatic heterocycles. The number of hydrogen-bond acceptors (Lipinski definition) is 1. The van der Waals surface area contributed by atoms with Crippen LogP contribution in [-0.2, 0) is 0 Å². The van der Waals surface area contributed by atoms with E-state index in [0.29, 0.717) is 0 Å². The lowest BCUT2D eigenvalue weighted by Gasteiger charge is -2.22. The average Bonchev–Trinajstić information content (AvgIpc) is 2.51. The first-order valence-corrected chi connectivity index (χ1v) is 6.68. The third kappa shape index (κ3) is 5.24. The van der Waals surface area contributed by atoms with Crippen LogP contribution in [-0.4, -0.2) is 50.5 Å². The summed E-state index contributed by atoms with van der Waals surface area (Å²) in [5.74, 6) is 1.05. The molecule has 0 aromatic rings. The van der Waals surface area contributed by atoms with E-state index < -0.39 is 0 Å². The summed E-state index contributed by atoms with van der Waals surface area (Å²) in [5.41, 5.74) is 1.61. The Labute approximate surface area is 106 Å². The number of allylic oxidation sites excluding steroid dienone is 1. The lowest BCUT2D eigenvalue weighted by atomic mass is 10.1. The first kappa shape index (κ1) is 14.1. The second-order valence-electron chi connectivity index (χ2n) is 5.18. The largest absolute Gasteiger partial charge is 0.349 e. The van der Waals surface area contributed by atoms with E-state index >= 15 is 0 Å². The molecule has 0 N–H and O–H groups in total. The molecule has 0 saturated heterocycles. The van der Waals surface area contributed by atoms with Crippen molar-refractivity contribution in [1.82, 2.24) is 9.80 Å².